The minimum Gasteiger partial charge on any atom is -0.423 e. The second-order valence-electron chi connectivity index (χ2n) is 5.73. The molecule has 0 saturated carbocycles. The second kappa shape index (κ2) is 5.49. The van der Waals surface area contributed by atoms with Gasteiger partial charge in [0.1, 0.15) is 10.5 Å². The summed E-state index contributed by atoms with van der Waals surface area (Å²) in [7, 11) is -1.97. The molecule has 4 rings (SSSR count). The van der Waals surface area contributed by atoms with Crippen LogP contribution in [0.25, 0.3) is 21.9 Å². The summed E-state index contributed by atoms with van der Waals surface area (Å²) in [5.74, 6) is 0. The van der Waals surface area contributed by atoms with Crippen molar-refractivity contribution >= 4 is 37.6 Å². The summed E-state index contributed by atoms with van der Waals surface area (Å²) < 4.78 is 35.1. The zero-order valence-corrected chi connectivity index (χ0v) is 14.1. The fourth-order valence-corrected chi connectivity index (χ4v) is 4.20. The number of hydrogen-bond acceptors (Lipinski definition) is 4. The molecule has 4 aromatic rings. The molecule has 0 fully saturated rings. The highest BCUT2D eigenvalue weighted by molar-refractivity contribution is 7.93. The van der Waals surface area contributed by atoms with E-state index >= 15 is 0 Å². The quantitative estimate of drug-likeness (QED) is 0.573. The number of rotatable bonds is 3. The van der Waals surface area contributed by atoms with Crippen molar-refractivity contribution in [1.29, 1.82) is 0 Å². The topological polar surface area (TPSA) is 81.3 Å². The molecule has 0 atom stereocenters. The van der Waals surface area contributed by atoms with Crippen LogP contribution in [0.2, 0.25) is 0 Å². The highest BCUT2D eigenvalue weighted by atomic mass is 32.2. The van der Waals surface area contributed by atoms with E-state index in [9.17, 15) is 13.2 Å². The molecule has 7 heteroatoms. The molecule has 0 radical (unpaired) electrons. The average Bonchev–Trinajstić information content (AvgIpc) is 2.96. The van der Waals surface area contributed by atoms with Gasteiger partial charge in [-0.3, -0.25) is 4.72 Å². The highest BCUT2D eigenvalue weighted by Crippen LogP contribution is 2.26. The lowest BCUT2D eigenvalue weighted by molar-refractivity contribution is 0.561. The molecule has 0 spiro atoms. The number of aromatic nitrogens is 1. The number of benzene rings is 2. The van der Waals surface area contributed by atoms with Crippen LogP contribution in [-0.2, 0) is 17.1 Å². The van der Waals surface area contributed by atoms with Crippen LogP contribution in [0, 0.1) is 0 Å². The zero-order valence-electron chi connectivity index (χ0n) is 13.3. The van der Waals surface area contributed by atoms with E-state index in [1.165, 1.54) is 6.07 Å². The summed E-state index contributed by atoms with van der Waals surface area (Å²) >= 11 is 0. The highest BCUT2D eigenvalue weighted by Gasteiger charge is 2.19. The van der Waals surface area contributed by atoms with E-state index in [4.69, 9.17) is 4.42 Å². The van der Waals surface area contributed by atoms with E-state index in [0.29, 0.717) is 22.2 Å². The SMILES string of the molecule is Cn1ccc2cccc(S(=O)(=O)Nc3ccc4oc(=O)ccc4c3)c21. The van der Waals surface area contributed by atoms with E-state index < -0.39 is 15.6 Å². The fraction of sp³-hybridized carbons (Fsp3) is 0.0556. The normalized spacial score (nSPS) is 11.9. The van der Waals surface area contributed by atoms with Crippen LogP contribution in [0.1, 0.15) is 0 Å². The number of sulfonamides is 1. The second-order valence-corrected chi connectivity index (χ2v) is 7.38. The third kappa shape index (κ3) is 2.68. The van der Waals surface area contributed by atoms with Crippen molar-refractivity contribution in [1.82, 2.24) is 4.57 Å². The van der Waals surface area contributed by atoms with Crippen LogP contribution in [-0.4, -0.2) is 13.0 Å². The molecular weight excluding hydrogens is 340 g/mol. The molecular formula is C18H14N2O4S. The molecule has 0 aliphatic carbocycles. The maximum absolute atomic E-state index is 12.9. The Morgan fingerprint density at radius 1 is 1.00 bits per heavy atom. The number of fused-ring (bicyclic) bond motifs is 2. The molecule has 0 saturated heterocycles. The number of nitrogens with one attached hydrogen (secondary N) is 1. The van der Waals surface area contributed by atoms with Gasteiger partial charge in [-0.25, -0.2) is 13.2 Å². The summed E-state index contributed by atoms with van der Waals surface area (Å²) in [6.07, 6.45) is 1.82. The van der Waals surface area contributed by atoms with Crippen molar-refractivity contribution < 1.29 is 12.8 Å². The Balaban J connectivity index is 1.80. The molecule has 0 bridgehead atoms. The average molecular weight is 354 g/mol. The minimum atomic E-state index is -3.77. The fourth-order valence-electron chi connectivity index (χ4n) is 2.88. The number of para-hydroxylation sites is 1. The van der Waals surface area contributed by atoms with Crippen molar-refractivity contribution in [2.45, 2.75) is 4.90 Å². The number of hydrogen-bond donors (Lipinski definition) is 1. The Labute approximate surface area is 143 Å². The van der Waals surface area contributed by atoms with Crippen LogP contribution >= 0.6 is 0 Å². The monoisotopic (exact) mass is 354 g/mol. The van der Waals surface area contributed by atoms with Gasteiger partial charge >= 0.3 is 5.63 Å². The smallest absolute Gasteiger partial charge is 0.336 e. The van der Waals surface area contributed by atoms with Gasteiger partial charge < -0.3 is 8.98 Å². The predicted molar refractivity (Wildman–Crippen MR) is 96.2 cm³/mol. The van der Waals surface area contributed by atoms with Crippen LogP contribution in [0.4, 0.5) is 5.69 Å². The summed E-state index contributed by atoms with van der Waals surface area (Å²) in [6.45, 7) is 0. The van der Waals surface area contributed by atoms with Crippen LogP contribution in [0.5, 0.6) is 0 Å². The Hall–Kier alpha value is -3.06. The maximum Gasteiger partial charge on any atom is 0.336 e. The third-order valence-electron chi connectivity index (χ3n) is 4.02. The van der Waals surface area contributed by atoms with Gasteiger partial charge in [-0.1, -0.05) is 12.1 Å². The van der Waals surface area contributed by atoms with E-state index in [-0.39, 0.29) is 4.90 Å². The first-order chi connectivity index (χ1) is 11.9. The van der Waals surface area contributed by atoms with Crippen LogP contribution in [0.15, 0.2) is 74.9 Å². The third-order valence-corrected chi connectivity index (χ3v) is 5.43. The van der Waals surface area contributed by atoms with Gasteiger partial charge in [0.05, 0.1) is 5.52 Å². The zero-order chi connectivity index (χ0) is 17.6. The Morgan fingerprint density at radius 3 is 2.68 bits per heavy atom. The Kier molecular flexibility index (Phi) is 3.40. The summed E-state index contributed by atoms with van der Waals surface area (Å²) in [4.78, 5) is 11.4. The molecule has 25 heavy (non-hydrogen) atoms. The maximum atomic E-state index is 12.9. The van der Waals surface area contributed by atoms with Gasteiger partial charge in [0, 0.05) is 35.8 Å². The van der Waals surface area contributed by atoms with Crippen molar-refractivity contribution in [2.75, 3.05) is 4.72 Å². The van der Waals surface area contributed by atoms with E-state index in [0.717, 1.165) is 5.39 Å². The number of nitrogens with zero attached hydrogens (tertiary/aromatic N) is 1. The molecule has 0 aliphatic rings. The first kappa shape index (κ1) is 15.5. The first-order valence-electron chi connectivity index (χ1n) is 7.55. The van der Waals surface area contributed by atoms with Gasteiger partial charge in [0.2, 0.25) is 0 Å². The molecule has 1 N–H and O–H groups in total. The number of aryl methyl sites for hydroxylation is 1. The lowest BCUT2D eigenvalue weighted by Gasteiger charge is -2.11. The summed E-state index contributed by atoms with van der Waals surface area (Å²) in [6, 6.07) is 14.7. The predicted octanol–water partition coefficient (Wildman–Crippen LogP) is 3.09. The van der Waals surface area contributed by atoms with Gasteiger partial charge in [0.25, 0.3) is 10.0 Å². The molecule has 126 valence electrons. The molecule has 2 aromatic heterocycles. The van der Waals surface area contributed by atoms with Crippen LogP contribution in [0.3, 0.4) is 0 Å². The minimum absolute atomic E-state index is 0.206. The van der Waals surface area contributed by atoms with Crippen molar-refractivity contribution in [2.24, 2.45) is 7.05 Å². The molecule has 2 aromatic carbocycles. The lowest BCUT2D eigenvalue weighted by Crippen LogP contribution is -2.14. The molecule has 0 amide bonds. The Bertz CT molecular complexity index is 1270. The molecule has 2 heterocycles. The summed E-state index contributed by atoms with van der Waals surface area (Å²) in [5, 5.41) is 1.49. The van der Waals surface area contributed by atoms with Crippen molar-refractivity contribution in [3.63, 3.8) is 0 Å². The molecule has 0 aliphatic heterocycles. The number of anilines is 1. The van der Waals surface area contributed by atoms with Gasteiger partial charge in [-0.05, 0) is 36.4 Å². The van der Waals surface area contributed by atoms with Gasteiger partial charge in [-0.2, -0.15) is 0 Å². The molecule has 0 unspecified atom stereocenters. The largest absolute Gasteiger partial charge is 0.423 e. The lowest BCUT2D eigenvalue weighted by atomic mass is 10.2. The van der Waals surface area contributed by atoms with E-state index in [1.807, 2.05) is 18.3 Å². The first-order valence-corrected chi connectivity index (χ1v) is 9.03. The van der Waals surface area contributed by atoms with Gasteiger partial charge in [0.15, 0.2) is 0 Å². The van der Waals surface area contributed by atoms with Crippen molar-refractivity contribution in [3.05, 3.63) is 71.2 Å². The molecule has 6 nitrogen and oxygen atoms in total. The van der Waals surface area contributed by atoms with Crippen molar-refractivity contribution in [3.8, 4) is 0 Å². The summed E-state index contributed by atoms with van der Waals surface area (Å²) in [5.41, 5.74) is 0.991. The standard InChI is InChI=1S/C18H14N2O4S/c1-20-10-9-12-3-2-4-16(18(12)20)25(22,23)19-14-6-7-15-13(11-14)5-8-17(21)24-15/h2-11,19H,1H3. The van der Waals surface area contributed by atoms with E-state index in [2.05, 4.69) is 4.72 Å². The van der Waals surface area contributed by atoms with Crippen LogP contribution < -0.4 is 10.3 Å². The van der Waals surface area contributed by atoms with E-state index in [1.54, 1.807) is 48.0 Å². The van der Waals surface area contributed by atoms with Gasteiger partial charge in [-0.15, -0.1) is 0 Å². The Morgan fingerprint density at radius 2 is 1.84 bits per heavy atom.